The second-order valence-corrected chi connectivity index (χ2v) is 6.91. The highest BCUT2D eigenvalue weighted by molar-refractivity contribution is 7.13. The van der Waals surface area contributed by atoms with Gasteiger partial charge in [-0.1, -0.05) is 0 Å². The molecular formula is C17H20FN3O2S. The SMILES string of the molecule is CC1CN(Cc2csc(NC(=O)c3ccc(F)cc3)n2)CC(C)O1. The van der Waals surface area contributed by atoms with Gasteiger partial charge in [0.15, 0.2) is 5.13 Å². The standard InChI is InChI=1S/C17H20FN3O2S/c1-11-7-21(8-12(2)23-11)9-15-10-24-17(19-15)20-16(22)13-3-5-14(18)6-4-13/h3-6,10-12H,7-9H2,1-2H3,(H,19,20,22). The maximum atomic E-state index is 12.9. The Morgan fingerprint density at radius 2 is 2.00 bits per heavy atom. The molecule has 0 saturated carbocycles. The Bertz CT molecular complexity index is 694. The Labute approximate surface area is 144 Å². The molecule has 0 radical (unpaired) electrons. The minimum Gasteiger partial charge on any atom is -0.373 e. The van der Waals surface area contributed by atoms with Gasteiger partial charge in [0.05, 0.1) is 17.9 Å². The molecule has 1 saturated heterocycles. The summed E-state index contributed by atoms with van der Waals surface area (Å²) in [6, 6.07) is 5.44. The van der Waals surface area contributed by atoms with Crippen LogP contribution in [-0.2, 0) is 11.3 Å². The van der Waals surface area contributed by atoms with Crippen LogP contribution in [0.25, 0.3) is 0 Å². The van der Waals surface area contributed by atoms with Gasteiger partial charge in [0.2, 0.25) is 0 Å². The first kappa shape index (κ1) is 17.0. The molecule has 1 amide bonds. The van der Waals surface area contributed by atoms with Crippen LogP contribution in [-0.4, -0.2) is 41.1 Å². The van der Waals surface area contributed by atoms with Gasteiger partial charge in [-0.15, -0.1) is 11.3 Å². The smallest absolute Gasteiger partial charge is 0.257 e. The highest BCUT2D eigenvalue weighted by Gasteiger charge is 2.22. The van der Waals surface area contributed by atoms with E-state index in [1.165, 1.54) is 35.6 Å². The first-order valence-corrected chi connectivity index (χ1v) is 8.76. The van der Waals surface area contributed by atoms with Crippen molar-refractivity contribution >= 4 is 22.4 Å². The molecule has 3 rings (SSSR count). The molecule has 7 heteroatoms. The minimum atomic E-state index is -0.364. The van der Waals surface area contributed by atoms with E-state index in [0.717, 1.165) is 25.3 Å². The third-order valence-corrected chi connectivity index (χ3v) is 4.57. The lowest BCUT2D eigenvalue weighted by atomic mass is 10.2. The Morgan fingerprint density at radius 1 is 1.33 bits per heavy atom. The number of halogens is 1. The molecule has 2 unspecified atom stereocenters. The first-order valence-electron chi connectivity index (χ1n) is 7.89. The van der Waals surface area contributed by atoms with Crippen molar-refractivity contribution in [1.82, 2.24) is 9.88 Å². The van der Waals surface area contributed by atoms with Gasteiger partial charge in [-0.3, -0.25) is 15.0 Å². The summed E-state index contributed by atoms with van der Waals surface area (Å²) in [6.45, 7) is 6.62. The van der Waals surface area contributed by atoms with Crippen LogP contribution in [0.15, 0.2) is 29.6 Å². The molecule has 0 aliphatic carbocycles. The van der Waals surface area contributed by atoms with E-state index < -0.39 is 0 Å². The van der Waals surface area contributed by atoms with E-state index in [0.29, 0.717) is 10.7 Å². The van der Waals surface area contributed by atoms with Crippen LogP contribution < -0.4 is 5.32 Å². The number of hydrogen-bond donors (Lipinski definition) is 1. The summed E-state index contributed by atoms with van der Waals surface area (Å²) in [7, 11) is 0. The number of rotatable bonds is 4. The van der Waals surface area contributed by atoms with E-state index in [4.69, 9.17) is 4.74 Å². The van der Waals surface area contributed by atoms with Gasteiger partial charge in [-0.25, -0.2) is 9.37 Å². The molecule has 1 aliphatic rings. The third-order valence-electron chi connectivity index (χ3n) is 3.76. The second-order valence-electron chi connectivity index (χ2n) is 6.06. The molecule has 1 aromatic carbocycles. The number of carbonyl (C=O) groups excluding carboxylic acids is 1. The lowest BCUT2D eigenvalue weighted by molar-refractivity contribution is -0.0707. The Balaban J connectivity index is 1.59. The van der Waals surface area contributed by atoms with E-state index in [1.807, 2.05) is 5.38 Å². The minimum absolute atomic E-state index is 0.213. The maximum absolute atomic E-state index is 12.9. The second kappa shape index (κ2) is 7.38. The molecule has 0 bridgehead atoms. The van der Waals surface area contributed by atoms with Crippen LogP contribution in [0.2, 0.25) is 0 Å². The molecule has 1 fully saturated rings. The number of anilines is 1. The largest absolute Gasteiger partial charge is 0.373 e. The number of ether oxygens (including phenoxy) is 1. The van der Waals surface area contributed by atoms with Crippen molar-refractivity contribution in [3.05, 3.63) is 46.7 Å². The molecule has 1 N–H and O–H groups in total. The maximum Gasteiger partial charge on any atom is 0.257 e. The van der Waals surface area contributed by atoms with Crippen LogP contribution in [0.3, 0.4) is 0 Å². The number of nitrogens with zero attached hydrogens (tertiary/aromatic N) is 2. The Morgan fingerprint density at radius 3 is 2.67 bits per heavy atom. The number of benzene rings is 1. The lowest BCUT2D eigenvalue weighted by Crippen LogP contribution is -2.44. The van der Waals surface area contributed by atoms with Gasteiger partial charge >= 0.3 is 0 Å². The summed E-state index contributed by atoms with van der Waals surface area (Å²) in [5.41, 5.74) is 1.33. The zero-order chi connectivity index (χ0) is 17.1. The van der Waals surface area contributed by atoms with E-state index in [1.54, 1.807) is 0 Å². The van der Waals surface area contributed by atoms with E-state index in [2.05, 4.69) is 29.0 Å². The van der Waals surface area contributed by atoms with Crippen LogP contribution in [0.4, 0.5) is 9.52 Å². The average Bonchev–Trinajstić information content (AvgIpc) is 2.93. The van der Waals surface area contributed by atoms with Gasteiger partial charge < -0.3 is 4.74 Å². The highest BCUT2D eigenvalue weighted by atomic mass is 32.1. The van der Waals surface area contributed by atoms with Crippen LogP contribution >= 0.6 is 11.3 Å². The molecule has 5 nitrogen and oxygen atoms in total. The number of carbonyl (C=O) groups is 1. The zero-order valence-corrected chi connectivity index (χ0v) is 14.5. The highest BCUT2D eigenvalue weighted by Crippen LogP contribution is 2.20. The van der Waals surface area contributed by atoms with Gasteiger partial charge in [-0.05, 0) is 38.1 Å². The van der Waals surface area contributed by atoms with Crippen molar-refractivity contribution in [3.8, 4) is 0 Å². The summed E-state index contributed by atoms with van der Waals surface area (Å²) in [5.74, 6) is -0.651. The monoisotopic (exact) mass is 349 g/mol. The van der Waals surface area contributed by atoms with Gasteiger partial charge in [0.25, 0.3) is 5.91 Å². The summed E-state index contributed by atoms with van der Waals surface area (Å²) >= 11 is 1.39. The number of hydrogen-bond acceptors (Lipinski definition) is 5. The van der Waals surface area contributed by atoms with Gasteiger partial charge in [0, 0.05) is 30.6 Å². The molecule has 2 atom stereocenters. The zero-order valence-electron chi connectivity index (χ0n) is 13.7. The molecule has 1 aliphatic heterocycles. The van der Waals surface area contributed by atoms with Crippen LogP contribution in [0.5, 0.6) is 0 Å². The van der Waals surface area contributed by atoms with Crippen molar-refractivity contribution in [2.75, 3.05) is 18.4 Å². The number of aromatic nitrogens is 1. The fraction of sp³-hybridized carbons (Fsp3) is 0.412. The number of thiazole rings is 1. The number of morpholine rings is 1. The third kappa shape index (κ3) is 4.37. The molecule has 24 heavy (non-hydrogen) atoms. The normalized spacial score (nSPS) is 21.6. The summed E-state index contributed by atoms with van der Waals surface area (Å²) in [4.78, 5) is 18.9. The van der Waals surface area contributed by atoms with Crippen molar-refractivity contribution < 1.29 is 13.9 Å². The average molecular weight is 349 g/mol. The topological polar surface area (TPSA) is 54.5 Å². The van der Waals surface area contributed by atoms with Gasteiger partial charge in [-0.2, -0.15) is 0 Å². The molecular weight excluding hydrogens is 329 g/mol. The van der Waals surface area contributed by atoms with Gasteiger partial charge in [0.1, 0.15) is 5.82 Å². The van der Waals surface area contributed by atoms with Crippen molar-refractivity contribution in [3.63, 3.8) is 0 Å². The summed E-state index contributed by atoms with van der Waals surface area (Å²) < 4.78 is 18.6. The quantitative estimate of drug-likeness (QED) is 0.921. The van der Waals surface area contributed by atoms with Crippen molar-refractivity contribution in [2.45, 2.75) is 32.6 Å². The molecule has 0 spiro atoms. The van der Waals surface area contributed by atoms with E-state index in [9.17, 15) is 9.18 Å². The molecule has 2 heterocycles. The fourth-order valence-electron chi connectivity index (χ4n) is 2.85. The summed E-state index contributed by atoms with van der Waals surface area (Å²) in [6.07, 6.45) is 0.426. The van der Waals surface area contributed by atoms with Crippen LogP contribution in [0.1, 0.15) is 29.9 Å². The van der Waals surface area contributed by atoms with E-state index in [-0.39, 0.29) is 23.9 Å². The number of nitrogens with one attached hydrogen (secondary N) is 1. The first-order chi connectivity index (χ1) is 11.5. The van der Waals surface area contributed by atoms with Crippen molar-refractivity contribution in [1.29, 1.82) is 0 Å². The van der Waals surface area contributed by atoms with Crippen molar-refractivity contribution in [2.24, 2.45) is 0 Å². The molecule has 128 valence electrons. The molecule has 1 aromatic heterocycles. The van der Waals surface area contributed by atoms with E-state index >= 15 is 0 Å². The fourth-order valence-corrected chi connectivity index (χ4v) is 3.55. The van der Waals surface area contributed by atoms with Crippen LogP contribution in [0, 0.1) is 5.82 Å². The Hall–Kier alpha value is -1.83. The Kier molecular flexibility index (Phi) is 5.23. The molecule has 2 aromatic rings. The summed E-state index contributed by atoms with van der Waals surface area (Å²) in [5, 5.41) is 5.25. The predicted octanol–water partition coefficient (Wildman–Crippen LogP) is 3.14. The predicted molar refractivity (Wildman–Crippen MR) is 91.8 cm³/mol. The lowest BCUT2D eigenvalue weighted by Gasteiger charge is -2.34. The number of amides is 1.